The van der Waals surface area contributed by atoms with Crippen molar-refractivity contribution in [2.24, 2.45) is 17.2 Å². The SMILES string of the molecule is NC(N)=C(/C=C(\N)c1ccccc1O)N1CCOC(c2ccc(C(=O)N3CCC(F)(CN4CCC(c5cn(C6CCC6)c6c(F)c(NC(=O)CCNC=O)ccc56)CC4)CC3)cc2)C1. The van der Waals surface area contributed by atoms with Crippen molar-refractivity contribution < 1.29 is 33.0 Å². The summed E-state index contributed by atoms with van der Waals surface area (Å²) in [5.41, 5.74) is 21.6. The van der Waals surface area contributed by atoms with Gasteiger partial charge in [-0.1, -0.05) is 30.3 Å². The zero-order valence-electron chi connectivity index (χ0n) is 36.1. The molecule has 8 rings (SSSR count). The quantitative estimate of drug-likeness (QED) is 0.0530. The molecule has 1 aliphatic carbocycles. The van der Waals surface area contributed by atoms with Gasteiger partial charge in [-0.05, 0) is 98.6 Å². The van der Waals surface area contributed by atoms with Crippen molar-refractivity contribution in [1.82, 2.24) is 24.6 Å². The monoisotopic (exact) mass is 879 g/mol. The molecule has 3 amide bonds. The second-order valence-corrected chi connectivity index (χ2v) is 17.6. The summed E-state index contributed by atoms with van der Waals surface area (Å²) in [6, 6.07) is 17.8. The van der Waals surface area contributed by atoms with Crippen molar-refractivity contribution in [3.05, 3.63) is 113 Å². The third kappa shape index (κ3) is 9.67. The van der Waals surface area contributed by atoms with Gasteiger partial charge in [0.25, 0.3) is 5.91 Å². The second-order valence-electron chi connectivity index (χ2n) is 17.6. The zero-order chi connectivity index (χ0) is 45.0. The predicted molar refractivity (Wildman–Crippen MR) is 242 cm³/mol. The van der Waals surface area contributed by atoms with Gasteiger partial charge < -0.3 is 56.9 Å². The number of morpholine rings is 1. The first-order valence-corrected chi connectivity index (χ1v) is 22.4. The van der Waals surface area contributed by atoms with Gasteiger partial charge >= 0.3 is 0 Å². The number of anilines is 1. The summed E-state index contributed by atoms with van der Waals surface area (Å²) >= 11 is 0. The van der Waals surface area contributed by atoms with E-state index in [0.29, 0.717) is 73.8 Å². The molecule has 1 unspecified atom stereocenters. The van der Waals surface area contributed by atoms with Crippen LogP contribution in [-0.4, -0.2) is 107 Å². The number of nitrogens with zero attached hydrogens (tertiary/aromatic N) is 4. The van der Waals surface area contributed by atoms with Gasteiger partial charge in [0.05, 0.1) is 23.5 Å². The van der Waals surface area contributed by atoms with Crippen molar-refractivity contribution in [1.29, 1.82) is 0 Å². The lowest BCUT2D eigenvalue weighted by atomic mass is 9.87. The molecule has 1 aromatic heterocycles. The predicted octanol–water partition coefficient (Wildman–Crippen LogP) is 5.57. The topological polar surface area (TPSA) is 197 Å². The van der Waals surface area contributed by atoms with E-state index in [0.717, 1.165) is 61.7 Å². The van der Waals surface area contributed by atoms with Gasteiger partial charge in [0.1, 0.15) is 23.3 Å². The molecule has 340 valence electrons. The minimum Gasteiger partial charge on any atom is -0.507 e. The highest BCUT2D eigenvalue weighted by Gasteiger charge is 2.39. The first-order valence-electron chi connectivity index (χ1n) is 22.4. The number of amides is 3. The second kappa shape index (κ2) is 19.3. The van der Waals surface area contributed by atoms with Gasteiger partial charge in [-0.2, -0.15) is 0 Å². The number of nitrogens with two attached hydrogens (primary N) is 3. The number of allylic oxidation sites excluding steroid dienone is 1. The van der Waals surface area contributed by atoms with Crippen LogP contribution in [-0.2, 0) is 14.3 Å². The molecule has 0 spiro atoms. The van der Waals surface area contributed by atoms with E-state index in [9.17, 15) is 19.5 Å². The first-order chi connectivity index (χ1) is 30.9. The van der Waals surface area contributed by atoms with E-state index in [1.807, 2.05) is 23.1 Å². The van der Waals surface area contributed by atoms with E-state index in [4.69, 9.17) is 21.9 Å². The normalized spacial score (nSPS) is 19.8. The van der Waals surface area contributed by atoms with Crippen molar-refractivity contribution in [2.75, 3.05) is 64.3 Å². The number of aromatic nitrogens is 1. The fourth-order valence-corrected chi connectivity index (χ4v) is 9.63. The smallest absolute Gasteiger partial charge is 0.253 e. The number of hydrogen-bond acceptors (Lipinski definition) is 10. The van der Waals surface area contributed by atoms with E-state index < -0.39 is 11.5 Å². The number of likely N-dealkylation sites (tertiary alicyclic amines) is 2. The van der Waals surface area contributed by atoms with Gasteiger partial charge in [0.2, 0.25) is 12.3 Å². The molecule has 9 N–H and O–H groups in total. The maximum absolute atomic E-state index is 16.5. The number of para-hydroxylation sites is 1. The van der Waals surface area contributed by atoms with Gasteiger partial charge in [-0.15, -0.1) is 0 Å². The molecule has 0 bridgehead atoms. The number of phenolic OH excluding ortho intramolecular Hbond substituents is 1. The number of aromatic hydroxyl groups is 1. The van der Waals surface area contributed by atoms with Crippen LogP contribution in [0.5, 0.6) is 5.75 Å². The molecule has 16 heteroatoms. The molecule has 1 saturated carbocycles. The van der Waals surface area contributed by atoms with Crippen LogP contribution in [0.25, 0.3) is 16.6 Å². The van der Waals surface area contributed by atoms with Crippen LogP contribution in [0, 0.1) is 5.82 Å². The molecule has 3 aromatic carbocycles. The van der Waals surface area contributed by atoms with Crippen molar-refractivity contribution in [3.63, 3.8) is 0 Å². The Balaban J connectivity index is 0.839. The van der Waals surface area contributed by atoms with Crippen LogP contribution in [0.2, 0.25) is 0 Å². The summed E-state index contributed by atoms with van der Waals surface area (Å²) in [5, 5.41) is 16.3. The lowest BCUT2D eigenvalue weighted by Crippen LogP contribution is -2.50. The van der Waals surface area contributed by atoms with Crippen molar-refractivity contribution >= 4 is 40.5 Å². The first kappa shape index (κ1) is 44.5. The average molecular weight is 880 g/mol. The Morgan fingerprint density at radius 1 is 0.922 bits per heavy atom. The van der Waals surface area contributed by atoms with E-state index >= 15 is 8.78 Å². The number of piperidine rings is 2. The van der Waals surface area contributed by atoms with Crippen LogP contribution < -0.4 is 27.8 Å². The van der Waals surface area contributed by atoms with E-state index in [2.05, 4.69) is 26.3 Å². The zero-order valence-corrected chi connectivity index (χ0v) is 36.1. The maximum Gasteiger partial charge on any atom is 0.253 e. The number of fused-ring (bicyclic) bond motifs is 1. The highest BCUT2D eigenvalue weighted by atomic mass is 19.1. The maximum atomic E-state index is 16.5. The Kier molecular flexibility index (Phi) is 13.4. The molecule has 0 radical (unpaired) electrons. The van der Waals surface area contributed by atoms with E-state index in [-0.39, 0.29) is 72.9 Å². The number of ether oxygens (including phenoxy) is 1. The Hall–Kier alpha value is -6.13. The van der Waals surface area contributed by atoms with Gasteiger partial charge in [-0.25, -0.2) is 8.78 Å². The summed E-state index contributed by atoms with van der Waals surface area (Å²) in [5.74, 6) is -0.626. The van der Waals surface area contributed by atoms with Gasteiger partial charge in [0.15, 0.2) is 5.82 Å². The Labute approximate surface area is 372 Å². The van der Waals surface area contributed by atoms with Crippen molar-refractivity contribution in [2.45, 2.75) is 75.1 Å². The fraction of sp³-hybridized carbons (Fsp3) is 0.438. The summed E-state index contributed by atoms with van der Waals surface area (Å²) in [7, 11) is 0. The summed E-state index contributed by atoms with van der Waals surface area (Å²) in [6.07, 6.45) is 9.20. The van der Waals surface area contributed by atoms with Crippen molar-refractivity contribution in [3.8, 4) is 5.75 Å². The number of nitrogens with one attached hydrogen (secondary N) is 2. The standard InChI is InChI=1S/C48H59F2N9O5/c49-44-39(55-43(62)14-19-54-30-60)13-12-35-37(27-59(45(35)44)34-4-3-5-34)31-15-20-56(21-16-31)29-48(50)17-22-57(23-18-48)47(63)33-10-8-32(9-11-33)42-28-58(24-25-64-42)40(46(52)53)26-38(51)36-6-1-2-7-41(36)61/h1-2,6-13,26-27,30-31,34,42,61H,3-5,14-25,28-29,51-53H2,(H,54,60)(H,55,62)/b38-26-. The number of phenols is 1. The number of benzene rings is 3. The number of carbonyl (C=O) groups excluding carboxylic acids is 3. The van der Waals surface area contributed by atoms with Gasteiger partial charge in [0, 0.05) is 93.0 Å². The van der Waals surface area contributed by atoms with Crippen LogP contribution >= 0.6 is 0 Å². The highest BCUT2D eigenvalue weighted by Crippen LogP contribution is 2.43. The minimum atomic E-state index is -1.41. The van der Waals surface area contributed by atoms with Crippen LogP contribution in [0.4, 0.5) is 14.5 Å². The third-order valence-corrected chi connectivity index (χ3v) is 13.5. The molecule has 4 heterocycles. The number of rotatable bonds is 14. The number of hydrogen-bond donors (Lipinski definition) is 6. The molecule has 4 aromatic rings. The third-order valence-electron chi connectivity index (χ3n) is 13.5. The molecule has 4 aliphatic rings. The molecular weight excluding hydrogens is 821 g/mol. The Morgan fingerprint density at radius 3 is 2.33 bits per heavy atom. The highest BCUT2D eigenvalue weighted by molar-refractivity contribution is 5.96. The largest absolute Gasteiger partial charge is 0.507 e. The number of alkyl halides is 1. The fourth-order valence-electron chi connectivity index (χ4n) is 9.63. The molecule has 1 atom stereocenters. The minimum absolute atomic E-state index is 0.0423. The Bertz CT molecular complexity index is 2400. The summed E-state index contributed by atoms with van der Waals surface area (Å²) in [4.78, 5) is 42.6. The number of carbonyl (C=O) groups is 3. The summed E-state index contributed by atoms with van der Waals surface area (Å²) < 4.78 is 40.8. The molecule has 3 saturated heterocycles. The molecule has 3 aliphatic heterocycles. The molecule has 14 nitrogen and oxygen atoms in total. The van der Waals surface area contributed by atoms with Crippen LogP contribution in [0.15, 0.2) is 84.5 Å². The van der Waals surface area contributed by atoms with Gasteiger partial charge in [-0.3, -0.25) is 14.4 Å². The molecule has 4 fully saturated rings. The van der Waals surface area contributed by atoms with Crippen LogP contribution in [0.3, 0.4) is 0 Å². The van der Waals surface area contributed by atoms with Crippen LogP contribution in [0.1, 0.15) is 96.5 Å². The lowest BCUT2D eigenvalue weighted by molar-refractivity contribution is -0.116. The summed E-state index contributed by atoms with van der Waals surface area (Å²) in [6.45, 7) is 3.94. The van der Waals surface area contributed by atoms with E-state index in [1.54, 1.807) is 53.4 Å². The van der Waals surface area contributed by atoms with E-state index in [1.165, 1.54) is 0 Å². The molecule has 64 heavy (non-hydrogen) atoms. The average Bonchev–Trinajstić information content (AvgIpc) is 3.65. The Morgan fingerprint density at radius 2 is 1.66 bits per heavy atom. The molecular formula is C48H59F2N9O5. The number of halogens is 2. The lowest BCUT2D eigenvalue weighted by Gasteiger charge is -2.41.